The summed E-state index contributed by atoms with van der Waals surface area (Å²) in [5.74, 6) is -12.5. The number of nitrogens with two attached hydrogens (primary N) is 3. The van der Waals surface area contributed by atoms with E-state index in [0.717, 1.165) is 0 Å². The molecule has 0 saturated heterocycles. The van der Waals surface area contributed by atoms with E-state index in [1.165, 1.54) is 136 Å². The van der Waals surface area contributed by atoms with Gasteiger partial charge < -0.3 is 110 Å². The Morgan fingerprint density at radius 1 is 0.287 bits per heavy atom. The number of aliphatic hydroxyl groups excluding tert-OH is 12. The fourth-order valence-electron chi connectivity index (χ4n) is 9.52. The second-order valence-electron chi connectivity index (χ2n) is 18.8. The number of carbonyl (C=O) groups excluding carboxylic acids is 9. The third kappa shape index (κ3) is 14.9. The summed E-state index contributed by atoms with van der Waals surface area (Å²) < 4.78 is -3.69. The number of hydrogen-bond acceptors (Lipinski definition) is 21. The quantitative estimate of drug-likeness (QED) is 0.0279. The fraction of sp³-hybridized carbons (Fsp3) is 0.438. The van der Waals surface area contributed by atoms with Crippen molar-refractivity contribution in [2.24, 2.45) is 17.2 Å². The molecule has 6 unspecified atom stereocenters. The molecule has 0 aliphatic heterocycles. The number of halogens is 9. The number of aliphatic hydroxyl groups is 12. The summed E-state index contributed by atoms with van der Waals surface area (Å²) in [5.41, 5.74) is 4.35. The Morgan fingerprint density at radius 3 is 0.517 bits per heavy atom. The molecule has 0 radical (unpaired) electrons. The Bertz CT molecular complexity index is 2760. The second kappa shape index (κ2) is 33.4. The Morgan fingerprint density at radius 2 is 0.414 bits per heavy atom. The molecular weight excluding hydrogens is 2180 g/mol. The molecule has 0 aromatic heterocycles. The minimum Gasteiger partial charge on any atom is -0.394 e. The predicted octanol–water partition coefficient (Wildman–Crippen LogP) is -4.79. The van der Waals surface area contributed by atoms with Gasteiger partial charge in [0.05, 0.1) is 110 Å². The molecule has 39 heteroatoms. The zero-order chi connectivity index (χ0) is 66.3. The fourth-order valence-corrected chi connectivity index (χ4v) is 24.4. The summed E-state index contributed by atoms with van der Waals surface area (Å²) in [5, 5.41) is 135. The third-order valence-corrected chi connectivity index (χ3v) is 23.1. The average molecular weight is 2240 g/mol. The number of rotatable bonds is 30. The van der Waals surface area contributed by atoms with Crippen LogP contribution >= 0.6 is 203 Å². The Labute approximate surface area is 615 Å². The van der Waals surface area contributed by atoms with Crippen LogP contribution in [0.25, 0.3) is 0 Å². The van der Waals surface area contributed by atoms with Crippen LogP contribution < -0.4 is 49.1 Å². The first kappa shape index (κ1) is 78.4. The smallest absolute Gasteiger partial charge is 0.253 e. The van der Waals surface area contributed by atoms with Crippen molar-refractivity contribution in [2.45, 2.75) is 52.9 Å². The Kier molecular flexibility index (Phi) is 30.1. The van der Waals surface area contributed by atoms with Gasteiger partial charge in [0.2, 0.25) is 17.7 Å². The van der Waals surface area contributed by atoms with Crippen LogP contribution in [0.2, 0.25) is 0 Å². The van der Waals surface area contributed by atoms with Crippen LogP contribution in [-0.4, -0.2) is 230 Å². The third-order valence-electron chi connectivity index (χ3n) is 13.4. The maximum absolute atomic E-state index is 16.2. The van der Waals surface area contributed by atoms with Gasteiger partial charge in [-0.2, -0.15) is 0 Å². The van der Waals surface area contributed by atoms with Crippen LogP contribution in [-0.2, 0) is 30.6 Å². The van der Waals surface area contributed by atoms with Gasteiger partial charge in [-0.1, -0.05) is 0 Å². The van der Waals surface area contributed by atoms with Crippen molar-refractivity contribution in [1.29, 1.82) is 0 Å². The van der Waals surface area contributed by atoms with E-state index in [9.17, 15) is 90.0 Å². The van der Waals surface area contributed by atoms with E-state index in [4.69, 9.17) is 17.2 Å². The van der Waals surface area contributed by atoms with E-state index in [1.54, 1.807) is 67.8 Å². The molecule has 9 amide bonds. The predicted molar refractivity (Wildman–Crippen MR) is 379 cm³/mol. The molecule has 0 bridgehead atoms. The van der Waals surface area contributed by atoms with Crippen molar-refractivity contribution in [3.63, 3.8) is 0 Å². The maximum atomic E-state index is 16.2. The maximum Gasteiger partial charge on any atom is 0.253 e. The van der Waals surface area contributed by atoms with Gasteiger partial charge in [0.1, 0.15) is 16.2 Å². The lowest BCUT2D eigenvalue weighted by atomic mass is 9.78. The normalized spacial score (nSPS) is 19.1. The monoisotopic (exact) mass is 2230 g/mol. The van der Waals surface area contributed by atoms with Crippen LogP contribution in [0.1, 0.15) is 78.8 Å². The molecule has 1 aliphatic carbocycles. The van der Waals surface area contributed by atoms with Gasteiger partial charge in [-0.05, 0) is 220 Å². The van der Waals surface area contributed by atoms with E-state index < -0.39 is 256 Å². The van der Waals surface area contributed by atoms with Crippen LogP contribution in [0, 0.1) is 32.1 Å². The van der Waals surface area contributed by atoms with Crippen molar-refractivity contribution in [1.82, 2.24) is 31.9 Å². The van der Waals surface area contributed by atoms with Gasteiger partial charge in [0.25, 0.3) is 35.4 Å². The van der Waals surface area contributed by atoms with Gasteiger partial charge >= 0.3 is 0 Å². The first-order chi connectivity index (χ1) is 40.7. The Balaban J connectivity index is 2.72. The van der Waals surface area contributed by atoms with E-state index in [1.807, 2.05) is 0 Å². The van der Waals surface area contributed by atoms with E-state index in [2.05, 4.69) is 31.9 Å². The van der Waals surface area contributed by atoms with Crippen molar-refractivity contribution >= 4 is 256 Å². The molecule has 1 fully saturated rings. The zero-order valence-corrected chi connectivity index (χ0v) is 63.5. The van der Waals surface area contributed by atoms with Gasteiger partial charge in [-0.25, -0.2) is 0 Å². The van der Waals surface area contributed by atoms with Crippen molar-refractivity contribution < 1.29 is 104 Å². The van der Waals surface area contributed by atoms with Gasteiger partial charge in [-0.3, -0.25) is 43.2 Å². The topological polar surface area (TPSA) is 547 Å². The van der Waals surface area contributed by atoms with Gasteiger partial charge in [0.15, 0.2) is 0 Å². The molecule has 0 spiro atoms. The van der Waals surface area contributed by atoms with Crippen molar-refractivity contribution in [2.75, 3.05) is 78.9 Å². The lowest BCUT2D eigenvalue weighted by molar-refractivity contribution is -0.126. The highest BCUT2D eigenvalue weighted by Crippen LogP contribution is 2.81. The van der Waals surface area contributed by atoms with Crippen LogP contribution in [0.3, 0.4) is 0 Å². The first-order valence-electron chi connectivity index (χ1n) is 24.6. The van der Waals surface area contributed by atoms with E-state index in [-0.39, 0.29) is 10.7 Å². The van der Waals surface area contributed by atoms with E-state index >= 15 is 14.4 Å². The number of amides is 9. The second-order valence-corrected chi connectivity index (χ2v) is 28.5. The number of primary amides is 3. The van der Waals surface area contributed by atoms with Crippen LogP contribution in [0.4, 0.5) is 0 Å². The van der Waals surface area contributed by atoms with E-state index in [0.29, 0.717) is 0 Å². The average Bonchev–Trinajstić information content (AvgIpc) is 1.42. The number of nitrogens with one attached hydrogen (secondary N) is 6. The molecule has 1 saturated carbocycles. The molecule has 3 aromatic carbocycles. The summed E-state index contributed by atoms with van der Waals surface area (Å²) in [7, 11) is 0. The molecule has 87 heavy (non-hydrogen) atoms. The van der Waals surface area contributed by atoms with Gasteiger partial charge in [0, 0.05) is 71.4 Å². The summed E-state index contributed by atoms with van der Waals surface area (Å²) in [4.78, 5) is 138. The summed E-state index contributed by atoms with van der Waals surface area (Å²) in [6.45, 7) is -9.51. The minimum atomic E-state index is -3.46. The lowest BCUT2D eigenvalue weighted by Gasteiger charge is -2.29. The molecule has 0 heterocycles. The summed E-state index contributed by atoms with van der Waals surface area (Å²) >= 11 is 13.8. The summed E-state index contributed by atoms with van der Waals surface area (Å²) in [6, 6.07) is 0. The first-order valence-corrected chi connectivity index (χ1v) is 34.3. The molecule has 30 nitrogen and oxygen atoms in total. The Hall–Kier alpha value is -1.02. The SMILES string of the molecule is NC(=O)C1(c2c(I)c(C(=O)NCC(O)CO)c(I)c(C(=O)NCC(O)CO)c2I)C(C(N)=O)(c2c(I)c(C(=O)NCC(O)CO)c(I)c(C(=O)NCC(O)CO)c2I)C1(C(N)=O)c1c(I)c(C(=O)NCC(O)CO)c(I)c(C(=O)NCC(O)CO)c1I. The number of benzene rings is 3. The summed E-state index contributed by atoms with van der Waals surface area (Å²) in [6.07, 6.45) is -9.73. The van der Waals surface area contributed by atoms with Gasteiger partial charge in [-0.15, -0.1) is 0 Å². The molecule has 480 valence electrons. The number of hydrogen-bond donors (Lipinski definition) is 21. The van der Waals surface area contributed by atoms with Crippen LogP contribution in [0.5, 0.6) is 0 Å². The highest BCUT2D eigenvalue weighted by atomic mass is 127. The molecule has 6 atom stereocenters. The molecule has 4 rings (SSSR count). The lowest BCUT2D eigenvalue weighted by Crippen LogP contribution is -2.46. The molecular formula is C48H54I9N9O21. The van der Waals surface area contributed by atoms with Crippen molar-refractivity contribution in [3.05, 3.63) is 82.2 Å². The standard InChI is InChI=1S/C48H54I9N9O21/c49-28-19(37(79)61-1-13(73)7-67)31(52)25(32(53)20(28)38(80)62-2-14(74)8-68)46(43(58)85)47(44(59)86,26-33(54)21(39(81)63-3-15(75)9-69)29(50)22(34(26)55)40(82)64-4-16(76)10-70)48(46,45(60)87)27-35(56)23(41(83)65-5-17(77)11-71)30(51)24(36(27)57)42(84)66-6-18(78)12-72/h13-18,67-78H,1-12H2,(H2,58,85)(H2,59,86)(H2,60,87)(H,61,79)(H,62,80)(H,63,81)(H,64,82)(H,65,83)(H,66,84). The van der Waals surface area contributed by atoms with Crippen molar-refractivity contribution in [3.8, 4) is 0 Å². The largest absolute Gasteiger partial charge is 0.394 e. The molecule has 24 N–H and O–H groups in total. The highest BCUT2D eigenvalue weighted by Gasteiger charge is 2.99. The highest BCUT2D eigenvalue weighted by molar-refractivity contribution is 14.1. The minimum absolute atomic E-state index is 0.287. The molecule has 1 aliphatic rings. The van der Waals surface area contributed by atoms with Crippen LogP contribution in [0.15, 0.2) is 0 Å². The zero-order valence-electron chi connectivity index (χ0n) is 44.1. The molecule has 3 aromatic rings. The number of carbonyl (C=O) groups is 9.